The second-order valence-corrected chi connectivity index (χ2v) is 12.4. The van der Waals surface area contributed by atoms with E-state index in [0.717, 1.165) is 23.4 Å². The third-order valence-electron chi connectivity index (χ3n) is 9.31. The minimum atomic E-state index is -2.64. The van der Waals surface area contributed by atoms with Crippen molar-refractivity contribution in [2.75, 3.05) is 27.7 Å². The standard InChI is InChI=1S/C31H35N3O7/c1-33(2)24-20-11-18-10-17-9-16-7-6-15(13-34(3)12-14-4-5-14)8-19(16)25(35)21(17)26(36)22(18)28(38)31(20,41)29(39)23(27(24)37)30(32)40/h6-9,14,18,20,24,35,37-38,41H,4-5,10-13H2,1-3H3,(H2,32,40)/t18-,20-,24-,31-/m0/s1. The number of carbonyl (C=O) groups is 3. The maximum Gasteiger partial charge on any atom is 0.255 e. The Bertz CT molecular complexity index is 1590. The molecule has 2 aromatic carbocycles. The van der Waals surface area contributed by atoms with Crippen molar-refractivity contribution < 1.29 is 34.8 Å². The number of likely N-dealkylation sites (N-methyl/N-ethyl adjacent to an activating group) is 1. The number of phenols is 1. The minimum Gasteiger partial charge on any atom is -0.510 e. The number of carbonyl (C=O) groups excluding carboxylic acids is 3. The van der Waals surface area contributed by atoms with E-state index in [0.29, 0.717) is 17.5 Å². The number of aliphatic hydroxyl groups excluding tert-OH is 2. The average Bonchev–Trinajstić information content (AvgIpc) is 3.70. The summed E-state index contributed by atoms with van der Waals surface area (Å²) in [6.45, 7) is 1.69. The predicted molar refractivity (Wildman–Crippen MR) is 150 cm³/mol. The van der Waals surface area contributed by atoms with Gasteiger partial charge in [0.1, 0.15) is 22.8 Å². The Kier molecular flexibility index (Phi) is 6.29. The van der Waals surface area contributed by atoms with Gasteiger partial charge in [-0.05, 0) is 81.2 Å². The van der Waals surface area contributed by atoms with Crippen LogP contribution < -0.4 is 5.73 Å². The maximum atomic E-state index is 14.0. The van der Waals surface area contributed by atoms with Crippen LogP contribution in [0.15, 0.2) is 46.9 Å². The number of primary amides is 1. The molecule has 4 aliphatic rings. The van der Waals surface area contributed by atoms with Gasteiger partial charge in [-0.25, -0.2) is 0 Å². The molecule has 0 aromatic heterocycles. The molecule has 1 amide bonds. The van der Waals surface area contributed by atoms with Gasteiger partial charge in [-0.2, -0.15) is 0 Å². The van der Waals surface area contributed by atoms with Crippen LogP contribution in [0.3, 0.4) is 0 Å². The molecule has 10 heteroatoms. The zero-order valence-electron chi connectivity index (χ0n) is 23.3. The highest BCUT2D eigenvalue weighted by Gasteiger charge is 2.63. The van der Waals surface area contributed by atoms with E-state index in [1.807, 2.05) is 24.3 Å². The van der Waals surface area contributed by atoms with Crippen molar-refractivity contribution in [3.8, 4) is 5.75 Å². The molecule has 0 heterocycles. The van der Waals surface area contributed by atoms with E-state index in [1.165, 1.54) is 17.7 Å². The molecule has 6 N–H and O–H groups in total. The SMILES string of the molecule is CN(Cc1ccc2cc3c(c(O)c2c1)C(=O)C1=C(O)[C@]2(O)C(=O)C(C(N)=O)=C(O)[C@@H](N(C)C)[C@@H]2C[C@@H]1C3)CC1CC1. The molecular weight excluding hydrogens is 526 g/mol. The second-order valence-electron chi connectivity index (χ2n) is 12.4. The summed E-state index contributed by atoms with van der Waals surface area (Å²) in [4.78, 5) is 43.3. The molecule has 1 saturated carbocycles. The number of aromatic hydroxyl groups is 1. The number of ketones is 2. The fourth-order valence-electron chi connectivity index (χ4n) is 7.28. The highest BCUT2D eigenvalue weighted by atomic mass is 16.3. The highest BCUT2D eigenvalue weighted by Crippen LogP contribution is 2.52. The number of nitrogens with zero attached hydrogens (tertiary/aromatic N) is 2. The molecule has 0 radical (unpaired) electrons. The van der Waals surface area contributed by atoms with E-state index in [1.54, 1.807) is 14.1 Å². The van der Waals surface area contributed by atoms with Crippen LogP contribution in [-0.2, 0) is 22.6 Å². The van der Waals surface area contributed by atoms with Crippen molar-refractivity contribution in [2.24, 2.45) is 23.5 Å². The Morgan fingerprint density at radius 3 is 2.44 bits per heavy atom. The molecule has 10 nitrogen and oxygen atoms in total. The van der Waals surface area contributed by atoms with Crippen LogP contribution in [0.5, 0.6) is 5.75 Å². The van der Waals surface area contributed by atoms with Gasteiger partial charge in [0.15, 0.2) is 11.4 Å². The fraction of sp³-hybridized carbons (Fsp3) is 0.452. The highest BCUT2D eigenvalue weighted by molar-refractivity contribution is 6.25. The monoisotopic (exact) mass is 561 g/mol. The molecule has 0 aliphatic heterocycles. The van der Waals surface area contributed by atoms with Gasteiger partial charge in [-0.15, -0.1) is 0 Å². The van der Waals surface area contributed by atoms with Crippen molar-refractivity contribution >= 4 is 28.2 Å². The first-order valence-electron chi connectivity index (χ1n) is 13.9. The fourth-order valence-corrected chi connectivity index (χ4v) is 7.28. The summed E-state index contributed by atoms with van der Waals surface area (Å²) >= 11 is 0. The Hall–Kier alpha value is -3.73. The zero-order valence-corrected chi connectivity index (χ0v) is 23.3. The molecule has 4 atom stereocenters. The van der Waals surface area contributed by atoms with Crippen molar-refractivity contribution in [1.29, 1.82) is 0 Å². The maximum absolute atomic E-state index is 14.0. The van der Waals surface area contributed by atoms with E-state index in [4.69, 9.17) is 5.73 Å². The lowest BCUT2D eigenvalue weighted by atomic mass is 9.58. The first kappa shape index (κ1) is 27.4. The summed E-state index contributed by atoms with van der Waals surface area (Å²) in [5.41, 5.74) is 3.41. The van der Waals surface area contributed by atoms with E-state index >= 15 is 0 Å². The van der Waals surface area contributed by atoms with Gasteiger partial charge in [-0.3, -0.25) is 19.3 Å². The number of rotatable bonds is 6. The normalized spacial score (nSPS) is 27.9. The number of amides is 1. The second kappa shape index (κ2) is 9.40. The molecule has 0 bridgehead atoms. The molecule has 0 saturated heterocycles. The average molecular weight is 562 g/mol. The third kappa shape index (κ3) is 4.07. The van der Waals surface area contributed by atoms with Gasteiger partial charge >= 0.3 is 0 Å². The van der Waals surface area contributed by atoms with Gasteiger partial charge in [0.05, 0.1) is 11.6 Å². The first-order valence-corrected chi connectivity index (χ1v) is 13.9. The van der Waals surface area contributed by atoms with Gasteiger partial charge in [0.2, 0.25) is 5.78 Å². The summed E-state index contributed by atoms with van der Waals surface area (Å²) in [7, 11) is 5.27. The topological polar surface area (TPSA) is 165 Å². The summed E-state index contributed by atoms with van der Waals surface area (Å²) in [6, 6.07) is 6.67. The van der Waals surface area contributed by atoms with Crippen LogP contribution in [0, 0.1) is 17.8 Å². The van der Waals surface area contributed by atoms with Crippen molar-refractivity contribution in [2.45, 2.75) is 43.9 Å². The number of Topliss-reactive ketones (excluding diaryl/α,β-unsaturated/α-hetero) is 2. The molecular formula is C31H35N3O7. The summed E-state index contributed by atoms with van der Waals surface area (Å²) < 4.78 is 0. The lowest BCUT2D eigenvalue weighted by Crippen LogP contribution is -2.63. The molecule has 1 fully saturated rings. The Labute approximate surface area is 237 Å². The number of hydrogen-bond donors (Lipinski definition) is 5. The van der Waals surface area contributed by atoms with Crippen LogP contribution in [0.25, 0.3) is 10.8 Å². The molecule has 0 unspecified atom stereocenters. The first-order chi connectivity index (χ1) is 19.3. The van der Waals surface area contributed by atoms with Gasteiger partial charge in [0, 0.05) is 30.0 Å². The number of aliphatic hydroxyl groups is 3. The lowest BCUT2D eigenvalue weighted by Gasteiger charge is -2.50. The number of nitrogens with two attached hydrogens (primary N) is 1. The Morgan fingerprint density at radius 1 is 1.10 bits per heavy atom. The van der Waals surface area contributed by atoms with E-state index in [9.17, 15) is 34.8 Å². The number of benzene rings is 2. The third-order valence-corrected chi connectivity index (χ3v) is 9.31. The van der Waals surface area contributed by atoms with Crippen molar-refractivity contribution in [3.05, 3.63) is 63.6 Å². The number of hydrogen-bond acceptors (Lipinski definition) is 9. The minimum absolute atomic E-state index is 0.0294. The van der Waals surface area contributed by atoms with Gasteiger partial charge < -0.3 is 31.1 Å². The Morgan fingerprint density at radius 2 is 1.80 bits per heavy atom. The zero-order chi connectivity index (χ0) is 29.5. The molecule has 41 heavy (non-hydrogen) atoms. The van der Waals surface area contributed by atoms with Crippen molar-refractivity contribution in [3.63, 3.8) is 0 Å². The van der Waals surface area contributed by atoms with E-state index in [2.05, 4.69) is 11.9 Å². The van der Waals surface area contributed by atoms with Gasteiger partial charge in [0.25, 0.3) is 5.91 Å². The van der Waals surface area contributed by atoms with Crippen LogP contribution in [0.1, 0.15) is 40.7 Å². The van der Waals surface area contributed by atoms with Crippen LogP contribution in [0.4, 0.5) is 0 Å². The summed E-state index contributed by atoms with van der Waals surface area (Å²) in [6.07, 6.45) is 2.83. The van der Waals surface area contributed by atoms with Crippen molar-refractivity contribution in [1.82, 2.24) is 9.80 Å². The smallest absolute Gasteiger partial charge is 0.255 e. The Balaban J connectivity index is 1.45. The lowest BCUT2D eigenvalue weighted by molar-refractivity contribution is -0.148. The molecule has 4 aliphatic carbocycles. The largest absolute Gasteiger partial charge is 0.510 e. The van der Waals surface area contributed by atoms with Gasteiger partial charge in [-0.1, -0.05) is 18.2 Å². The summed E-state index contributed by atoms with van der Waals surface area (Å²) in [5, 5.41) is 46.8. The summed E-state index contributed by atoms with van der Waals surface area (Å²) in [5.74, 6) is -5.70. The number of fused-ring (bicyclic) bond motifs is 4. The van der Waals surface area contributed by atoms with Crippen LogP contribution >= 0.6 is 0 Å². The van der Waals surface area contributed by atoms with Crippen LogP contribution in [0.2, 0.25) is 0 Å². The molecule has 2 aromatic rings. The van der Waals surface area contributed by atoms with Crippen LogP contribution in [-0.4, -0.2) is 87.0 Å². The predicted octanol–water partition coefficient (Wildman–Crippen LogP) is 2.12. The number of allylic oxidation sites excluding steroid dienone is 1. The van der Waals surface area contributed by atoms with E-state index in [-0.39, 0.29) is 29.7 Å². The molecule has 6 rings (SSSR count). The number of phenolic OH excluding ortho intramolecular Hbond substituents is 1. The molecule has 0 spiro atoms. The molecule has 216 valence electrons. The van der Waals surface area contributed by atoms with E-state index < -0.39 is 58.0 Å². The quantitative estimate of drug-likeness (QED) is 0.332.